The molecule has 0 unspecified atom stereocenters. The maximum Gasteiger partial charge on any atom is 0.283 e. The molecular weight excluding hydrogens is 350 g/mol. The van der Waals surface area contributed by atoms with Crippen molar-refractivity contribution in [1.82, 2.24) is 14.1 Å². The number of fused-ring (bicyclic) bond motifs is 1. The Kier molecular flexibility index (Phi) is 4.01. The van der Waals surface area contributed by atoms with Crippen LogP contribution in [-0.4, -0.2) is 48.7 Å². The molecule has 0 N–H and O–H groups in total. The molecule has 0 atom stereocenters. The molecule has 0 radical (unpaired) electrons. The molecule has 0 aliphatic carbocycles. The van der Waals surface area contributed by atoms with Gasteiger partial charge in [-0.3, -0.25) is 0 Å². The van der Waals surface area contributed by atoms with Crippen molar-refractivity contribution in [2.24, 2.45) is 0 Å². The maximum atomic E-state index is 13.1. The van der Waals surface area contributed by atoms with Crippen LogP contribution in [0.25, 0.3) is 10.9 Å². The number of benzene rings is 2. The molecule has 1 fully saturated rings. The Morgan fingerprint density at radius 1 is 0.923 bits per heavy atom. The van der Waals surface area contributed by atoms with E-state index in [-0.39, 0.29) is 4.90 Å². The summed E-state index contributed by atoms with van der Waals surface area (Å²) >= 11 is 0. The second-order valence-electron chi connectivity index (χ2n) is 6.08. The van der Waals surface area contributed by atoms with Crippen LogP contribution >= 0.6 is 0 Å². The lowest BCUT2D eigenvalue weighted by Crippen LogP contribution is -2.44. The quantitative estimate of drug-likeness (QED) is 0.658. The predicted octanol–water partition coefficient (Wildman–Crippen LogP) is 1.88. The number of hydrogen-bond donors (Lipinski definition) is 0. The van der Waals surface area contributed by atoms with E-state index in [9.17, 15) is 8.42 Å². The minimum atomic E-state index is -3.78. The number of rotatable bonds is 3. The second kappa shape index (κ2) is 6.35. The van der Waals surface area contributed by atoms with E-state index in [1.54, 1.807) is 47.4 Å². The zero-order valence-electron chi connectivity index (χ0n) is 14.0. The summed E-state index contributed by atoms with van der Waals surface area (Å²) in [4.78, 5) is 3.93. The van der Waals surface area contributed by atoms with Gasteiger partial charge in [0.25, 0.3) is 10.0 Å². The molecule has 0 saturated carbocycles. The highest BCUT2D eigenvalue weighted by Gasteiger charge is 2.26. The normalized spacial score (nSPS) is 15.2. The lowest BCUT2D eigenvalue weighted by molar-refractivity contribution is 0.362. The van der Waals surface area contributed by atoms with Gasteiger partial charge >= 0.3 is 0 Å². The molecule has 4 rings (SSSR count). The molecule has 1 saturated heterocycles. The highest BCUT2D eigenvalue weighted by Crippen LogP contribution is 2.29. The minimum absolute atomic E-state index is 0.203. The van der Waals surface area contributed by atoms with Gasteiger partial charge in [0, 0.05) is 31.6 Å². The molecule has 1 aliphatic rings. The zero-order valence-corrected chi connectivity index (χ0v) is 14.8. The molecule has 0 spiro atoms. The van der Waals surface area contributed by atoms with E-state index in [1.165, 1.54) is 0 Å². The SMILES string of the molecule is N#CN1CCN(c2nn(S(=O)(=O)c3ccccc3)c3ccccc23)CC1. The number of para-hydroxylation sites is 1. The molecular formula is C18H17N5O2S. The topological polar surface area (TPSA) is 82.2 Å². The first kappa shape index (κ1) is 16.4. The Morgan fingerprint density at radius 3 is 2.27 bits per heavy atom. The van der Waals surface area contributed by atoms with E-state index >= 15 is 0 Å². The summed E-state index contributed by atoms with van der Waals surface area (Å²) in [7, 11) is -3.78. The lowest BCUT2D eigenvalue weighted by atomic mass is 10.2. The van der Waals surface area contributed by atoms with Crippen LogP contribution in [0.1, 0.15) is 0 Å². The van der Waals surface area contributed by atoms with Gasteiger partial charge in [0.2, 0.25) is 0 Å². The number of nitrogens with zero attached hydrogens (tertiary/aromatic N) is 5. The van der Waals surface area contributed by atoms with Gasteiger partial charge in [-0.15, -0.1) is 5.10 Å². The summed E-state index contributed by atoms with van der Waals surface area (Å²) in [6, 6.07) is 15.6. The molecule has 0 bridgehead atoms. The van der Waals surface area contributed by atoms with Gasteiger partial charge in [-0.2, -0.15) is 17.8 Å². The highest BCUT2D eigenvalue weighted by molar-refractivity contribution is 7.90. The fourth-order valence-electron chi connectivity index (χ4n) is 3.15. The van der Waals surface area contributed by atoms with Crippen molar-refractivity contribution < 1.29 is 8.42 Å². The smallest absolute Gasteiger partial charge is 0.283 e. The molecule has 1 aromatic heterocycles. The van der Waals surface area contributed by atoms with Crippen LogP contribution in [0, 0.1) is 11.5 Å². The fourth-order valence-corrected chi connectivity index (χ4v) is 4.45. The summed E-state index contributed by atoms with van der Waals surface area (Å²) in [6.07, 6.45) is 2.15. The molecule has 132 valence electrons. The number of piperazine rings is 1. The van der Waals surface area contributed by atoms with Crippen molar-refractivity contribution in [3.63, 3.8) is 0 Å². The third-order valence-corrected chi connectivity index (χ3v) is 6.13. The Hall–Kier alpha value is -3.05. The van der Waals surface area contributed by atoms with Crippen molar-refractivity contribution >= 4 is 26.7 Å². The van der Waals surface area contributed by atoms with Crippen LogP contribution < -0.4 is 4.90 Å². The van der Waals surface area contributed by atoms with Crippen LogP contribution in [-0.2, 0) is 10.0 Å². The molecule has 0 amide bonds. The molecule has 7 nitrogen and oxygen atoms in total. The van der Waals surface area contributed by atoms with Crippen LogP contribution in [0.2, 0.25) is 0 Å². The molecule has 2 aromatic carbocycles. The van der Waals surface area contributed by atoms with E-state index in [2.05, 4.69) is 11.3 Å². The third-order valence-electron chi connectivity index (χ3n) is 4.53. The van der Waals surface area contributed by atoms with Crippen molar-refractivity contribution in [2.75, 3.05) is 31.1 Å². The minimum Gasteiger partial charge on any atom is -0.351 e. The first-order chi connectivity index (χ1) is 12.6. The monoisotopic (exact) mass is 367 g/mol. The van der Waals surface area contributed by atoms with Gasteiger partial charge < -0.3 is 9.80 Å². The van der Waals surface area contributed by atoms with Gasteiger partial charge in [0.1, 0.15) is 0 Å². The first-order valence-corrected chi connectivity index (χ1v) is 9.73. The summed E-state index contributed by atoms with van der Waals surface area (Å²) in [5, 5.41) is 14.3. The Bertz CT molecular complexity index is 1080. The van der Waals surface area contributed by atoms with Crippen LogP contribution in [0.15, 0.2) is 59.5 Å². The van der Waals surface area contributed by atoms with E-state index in [0.717, 1.165) is 9.47 Å². The number of hydrogen-bond acceptors (Lipinski definition) is 6. The van der Waals surface area contributed by atoms with Gasteiger partial charge in [-0.05, 0) is 24.3 Å². The zero-order chi connectivity index (χ0) is 18.1. The van der Waals surface area contributed by atoms with Crippen molar-refractivity contribution in [3.05, 3.63) is 54.6 Å². The van der Waals surface area contributed by atoms with Gasteiger partial charge in [0.05, 0.1) is 10.4 Å². The summed E-state index contributed by atoms with van der Waals surface area (Å²) in [5.41, 5.74) is 0.550. The van der Waals surface area contributed by atoms with Crippen LogP contribution in [0.3, 0.4) is 0 Å². The van der Waals surface area contributed by atoms with Crippen LogP contribution in [0.4, 0.5) is 5.82 Å². The largest absolute Gasteiger partial charge is 0.351 e. The fraction of sp³-hybridized carbons (Fsp3) is 0.222. The van der Waals surface area contributed by atoms with Gasteiger partial charge in [-0.25, -0.2) is 0 Å². The molecule has 8 heteroatoms. The van der Waals surface area contributed by atoms with Crippen molar-refractivity contribution in [2.45, 2.75) is 4.90 Å². The van der Waals surface area contributed by atoms with Crippen molar-refractivity contribution in [1.29, 1.82) is 5.26 Å². The second-order valence-corrected chi connectivity index (χ2v) is 7.84. The average molecular weight is 367 g/mol. The van der Waals surface area contributed by atoms with Crippen molar-refractivity contribution in [3.8, 4) is 6.19 Å². The Labute approximate surface area is 151 Å². The number of nitriles is 1. The van der Waals surface area contributed by atoms with E-state index in [4.69, 9.17) is 5.26 Å². The van der Waals surface area contributed by atoms with Crippen LogP contribution in [0.5, 0.6) is 0 Å². The lowest BCUT2D eigenvalue weighted by Gasteiger charge is -2.31. The molecule has 1 aliphatic heterocycles. The maximum absolute atomic E-state index is 13.1. The highest BCUT2D eigenvalue weighted by atomic mass is 32.2. The Balaban J connectivity index is 1.82. The average Bonchev–Trinajstić information content (AvgIpc) is 3.09. The van der Waals surface area contributed by atoms with E-state index < -0.39 is 10.0 Å². The summed E-state index contributed by atoms with van der Waals surface area (Å²) in [5.74, 6) is 0.637. The first-order valence-electron chi connectivity index (χ1n) is 8.29. The van der Waals surface area contributed by atoms with E-state index in [0.29, 0.717) is 37.5 Å². The summed E-state index contributed by atoms with van der Waals surface area (Å²) < 4.78 is 27.3. The predicted molar refractivity (Wildman–Crippen MR) is 98.2 cm³/mol. The van der Waals surface area contributed by atoms with Gasteiger partial charge in [-0.1, -0.05) is 30.3 Å². The van der Waals surface area contributed by atoms with E-state index in [1.807, 2.05) is 17.0 Å². The molecule has 26 heavy (non-hydrogen) atoms. The molecule has 3 aromatic rings. The third kappa shape index (κ3) is 2.66. The number of aromatic nitrogens is 2. The standard InChI is InChI=1S/C18H17N5O2S/c19-14-21-10-12-22(13-11-21)18-16-8-4-5-9-17(16)23(20-18)26(24,25)15-6-2-1-3-7-15/h1-9H,10-13H2. The number of anilines is 1. The Morgan fingerprint density at radius 2 is 1.58 bits per heavy atom. The summed E-state index contributed by atoms with van der Waals surface area (Å²) in [6.45, 7) is 2.45. The van der Waals surface area contributed by atoms with Gasteiger partial charge in [0.15, 0.2) is 12.0 Å². The molecule has 2 heterocycles.